The number of nitriles is 1. The van der Waals surface area contributed by atoms with Gasteiger partial charge in [0.15, 0.2) is 0 Å². The Morgan fingerprint density at radius 3 is 3.00 bits per heavy atom. The van der Waals surface area contributed by atoms with Gasteiger partial charge in [0.1, 0.15) is 0 Å². The Labute approximate surface area is 110 Å². The maximum absolute atomic E-state index is 9.50. The molecule has 0 spiro atoms. The average Bonchev–Trinajstić information content (AvgIpc) is 2.29. The number of nitrogens with zero attached hydrogens (tertiary/aromatic N) is 1. The third-order valence-electron chi connectivity index (χ3n) is 3.16. The van der Waals surface area contributed by atoms with E-state index in [2.05, 4.69) is 46.9 Å². The van der Waals surface area contributed by atoms with E-state index in [1.54, 1.807) is 0 Å². The molecule has 1 heterocycles. The fraction of sp³-hybridized carbons (Fsp3) is 0.462. The second kappa shape index (κ2) is 4.72. The molecule has 0 aliphatic carbocycles. The Morgan fingerprint density at radius 2 is 2.38 bits per heavy atom. The van der Waals surface area contributed by atoms with Crippen LogP contribution in [-0.2, 0) is 10.2 Å². The van der Waals surface area contributed by atoms with Crippen LogP contribution in [0.15, 0.2) is 24.3 Å². The molecule has 0 unspecified atom stereocenters. The molecule has 1 aromatic rings. The van der Waals surface area contributed by atoms with E-state index in [-0.39, 0.29) is 11.5 Å². The van der Waals surface area contributed by atoms with Crippen LogP contribution in [-0.4, -0.2) is 12.7 Å². The maximum Gasteiger partial charge on any atom is 0.0869 e. The molecule has 0 amide bonds. The smallest absolute Gasteiger partial charge is 0.0869 e. The van der Waals surface area contributed by atoms with Gasteiger partial charge in [-0.05, 0) is 60.1 Å². The second-order valence-electron chi connectivity index (χ2n) is 4.34. The number of halogens is 1. The third kappa shape index (κ3) is 2.23. The predicted octanol–water partition coefficient (Wildman–Crippen LogP) is 3.25. The molecule has 1 aliphatic heterocycles. The standard InChI is InChI=1S/C13H14INO/c1-10-8-13(9-15,5-6-16-10)11-3-2-4-12(14)7-11/h2-4,7,10H,5-6,8H2,1H3/t10-,13+/m0/s1. The van der Waals surface area contributed by atoms with Crippen molar-refractivity contribution in [3.8, 4) is 6.07 Å². The van der Waals surface area contributed by atoms with Crippen LogP contribution in [0.25, 0.3) is 0 Å². The highest BCUT2D eigenvalue weighted by atomic mass is 127. The van der Waals surface area contributed by atoms with Gasteiger partial charge in [0.25, 0.3) is 0 Å². The molecule has 2 nitrogen and oxygen atoms in total. The number of benzene rings is 1. The third-order valence-corrected chi connectivity index (χ3v) is 3.83. The van der Waals surface area contributed by atoms with Crippen molar-refractivity contribution in [3.63, 3.8) is 0 Å². The summed E-state index contributed by atoms with van der Waals surface area (Å²) in [5, 5.41) is 9.50. The van der Waals surface area contributed by atoms with Crippen LogP contribution >= 0.6 is 22.6 Å². The molecule has 0 aromatic heterocycles. The number of hydrogen-bond acceptors (Lipinski definition) is 2. The summed E-state index contributed by atoms with van der Waals surface area (Å²) >= 11 is 2.29. The monoisotopic (exact) mass is 327 g/mol. The van der Waals surface area contributed by atoms with Gasteiger partial charge in [-0.3, -0.25) is 0 Å². The molecule has 0 bridgehead atoms. The van der Waals surface area contributed by atoms with Crippen LogP contribution in [0.3, 0.4) is 0 Å². The lowest BCUT2D eigenvalue weighted by atomic mass is 9.74. The first kappa shape index (κ1) is 11.9. The molecular formula is C13H14INO. The molecule has 1 aromatic carbocycles. The van der Waals surface area contributed by atoms with Crippen molar-refractivity contribution < 1.29 is 4.74 Å². The van der Waals surface area contributed by atoms with E-state index in [1.807, 2.05) is 13.0 Å². The predicted molar refractivity (Wildman–Crippen MR) is 71.1 cm³/mol. The van der Waals surface area contributed by atoms with Crippen LogP contribution in [0.4, 0.5) is 0 Å². The van der Waals surface area contributed by atoms with Crippen molar-refractivity contribution in [3.05, 3.63) is 33.4 Å². The summed E-state index contributed by atoms with van der Waals surface area (Å²) in [4.78, 5) is 0. The molecule has 0 saturated carbocycles. The minimum Gasteiger partial charge on any atom is -0.378 e. The summed E-state index contributed by atoms with van der Waals surface area (Å²) in [7, 11) is 0. The van der Waals surface area contributed by atoms with Gasteiger partial charge in [-0.25, -0.2) is 0 Å². The Balaban J connectivity index is 2.38. The molecular weight excluding hydrogens is 313 g/mol. The van der Waals surface area contributed by atoms with E-state index in [4.69, 9.17) is 4.74 Å². The Bertz CT molecular complexity index is 426. The molecule has 2 rings (SSSR count). The summed E-state index contributed by atoms with van der Waals surface area (Å²) in [6.07, 6.45) is 1.77. The lowest BCUT2D eigenvalue weighted by molar-refractivity contribution is 0.00352. The number of rotatable bonds is 1. The van der Waals surface area contributed by atoms with E-state index in [0.29, 0.717) is 6.61 Å². The van der Waals surface area contributed by atoms with Crippen LogP contribution in [0.2, 0.25) is 0 Å². The zero-order chi connectivity index (χ0) is 11.6. The fourth-order valence-electron chi connectivity index (χ4n) is 2.30. The van der Waals surface area contributed by atoms with Gasteiger partial charge in [-0.2, -0.15) is 5.26 Å². The molecule has 3 heteroatoms. The van der Waals surface area contributed by atoms with Gasteiger partial charge < -0.3 is 4.74 Å². The van der Waals surface area contributed by atoms with Gasteiger partial charge >= 0.3 is 0 Å². The van der Waals surface area contributed by atoms with E-state index in [0.717, 1.165) is 18.4 Å². The van der Waals surface area contributed by atoms with Crippen LogP contribution < -0.4 is 0 Å². The first-order valence-electron chi connectivity index (χ1n) is 5.45. The van der Waals surface area contributed by atoms with Gasteiger partial charge in [-0.1, -0.05) is 12.1 Å². The topological polar surface area (TPSA) is 33.0 Å². The Hall–Kier alpha value is -0.600. The van der Waals surface area contributed by atoms with E-state index >= 15 is 0 Å². The van der Waals surface area contributed by atoms with Crippen LogP contribution in [0, 0.1) is 14.9 Å². The number of ether oxygens (including phenoxy) is 1. The van der Waals surface area contributed by atoms with Crippen molar-refractivity contribution in [2.24, 2.45) is 0 Å². The molecule has 84 valence electrons. The summed E-state index contributed by atoms with van der Waals surface area (Å²) in [6.45, 7) is 2.72. The minimum atomic E-state index is -0.348. The highest BCUT2D eigenvalue weighted by Gasteiger charge is 2.37. The van der Waals surface area contributed by atoms with Gasteiger partial charge in [0.05, 0.1) is 17.6 Å². The Kier molecular flexibility index (Phi) is 3.50. The average molecular weight is 327 g/mol. The van der Waals surface area contributed by atoms with Crippen molar-refractivity contribution in [2.75, 3.05) is 6.61 Å². The molecule has 0 radical (unpaired) electrons. The minimum absolute atomic E-state index is 0.172. The van der Waals surface area contributed by atoms with Crippen LogP contribution in [0.5, 0.6) is 0 Å². The fourth-order valence-corrected chi connectivity index (χ4v) is 2.84. The lowest BCUT2D eigenvalue weighted by Crippen LogP contribution is -2.36. The highest BCUT2D eigenvalue weighted by Crippen LogP contribution is 2.36. The van der Waals surface area contributed by atoms with Gasteiger partial charge in [-0.15, -0.1) is 0 Å². The van der Waals surface area contributed by atoms with E-state index < -0.39 is 0 Å². The molecule has 0 N–H and O–H groups in total. The van der Waals surface area contributed by atoms with Crippen molar-refractivity contribution >= 4 is 22.6 Å². The summed E-state index contributed by atoms with van der Waals surface area (Å²) in [6, 6.07) is 10.8. The lowest BCUT2D eigenvalue weighted by Gasteiger charge is -2.34. The zero-order valence-electron chi connectivity index (χ0n) is 9.24. The number of hydrogen-bond donors (Lipinski definition) is 0. The van der Waals surface area contributed by atoms with Crippen molar-refractivity contribution in [2.45, 2.75) is 31.3 Å². The summed E-state index contributed by atoms with van der Waals surface area (Å²) in [5.74, 6) is 0. The highest BCUT2D eigenvalue weighted by molar-refractivity contribution is 14.1. The van der Waals surface area contributed by atoms with Gasteiger partial charge in [0.2, 0.25) is 0 Å². The molecule has 1 aliphatic rings. The van der Waals surface area contributed by atoms with Crippen molar-refractivity contribution in [1.82, 2.24) is 0 Å². The Morgan fingerprint density at radius 1 is 1.56 bits per heavy atom. The van der Waals surface area contributed by atoms with E-state index in [1.165, 1.54) is 3.57 Å². The molecule has 2 atom stereocenters. The zero-order valence-corrected chi connectivity index (χ0v) is 11.4. The van der Waals surface area contributed by atoms with Crippen molar-refractivity contribution in [1.29, 1.82) is 5.26 Å². The van der Waals surface area contributed by atoms with Gasteiger partial charge in [0, 0.05) is 10.2 Å². The SMILES string of the molecule is C[C@H]1C[C@](C#N)(c2cccc(I)c2)CCO1. The van der Waals surface area contributed by atoms with Crippen LogP contribution in [0.1, 0.15) is 25.3 Å². The second-order valence-corrected chi connectivity index (χ2v) is 5.59. The molecule has 1 saturated heterocycles. The summed E-state index contributed by atoms with van der Waals surface area (Å²) in [5.41, 5.74) is 0.788. The normalized spacial score (nSPS) is 29.7. The quantitative estimate of drug-likeness (QED) is 0.742. The first-order chi connectivity index (χ1) is 7.66. The summed E-state index contributed by atoms with van der Waals surface area (Å²) < 4.78 is 6.72. The maximum atomic E-state index is 9.50. The van der Waals surface area contributed by atoms with E-state index in [9.17, 15) is 5.26 Å². The first-order valence-corrected chi connectivity index (χ1v) is 6.53. The molecule has 16 heavy (non-hydrogen) atoms. The largest absolute Gasteiger partial charge is 0.378 e. The molecule has 1 fully saturated rings.